The van der Waals surface area contributed by atoms with Gasteiger partial charge in [-0.2, -0.15) is 9.97 Å². The Balaban J connectivity index is 1.83. The average Bonchev–Trinajstić information content (AvgIpc) is 2.80. The predicted octanol–water partition coefficient (Wildman–Crippen LogP) is 3.74. The van der Waals surface area contributed by atoms with Crippen LogP contribution in [0.5, 0.6) is 11.5 Å². The van der Waals surface area contributed by atoms with Crippen LogP contribution in [0.1, 0.15) is 22.3 Å². The van der Waals surface area contributed by atoms with Gasteiger partial charge in [-0.25, -0.2) is 4.98 Å². The minimum atomic E-state index is 0.105. The third-order valence-corrected chi connectivity index (χ3v) is 5.66. The molecule has 0 aliphatic heterocycles. The van der Waals surface area contributed by atoms with E-state index in [0.29, 0.717) is 24.4 Å². The number of methoxy groups -OCH3 is 2. The molecular weight excluding hydrogens is 416 g/mol. The number of fused-ring (bicyclic) bond motifs is 1. The lowest BCUT2D eigenvalue weighted by molar-refractivity contribution is 0.393. The summed E-state index contributed by atoms with van der Waals surface area (Å²) in [5.41, 5.74) is 16.8. The van der Waals surface area contributed by atoms with E-state index in [1.807, 2.05) is 50.4 Å². The van der Waals surface area contributed by atoms with Crippen molar-refractivity contribution < 1.29 is 9.47 Å². The van der Waals surface area contributed by atoms with E-state index in [1.165, 1.54) is 5.56 Å². The molecule has 2 aromatic carbocycles. The molecule has 0 spiro atoms. The third kappa shape index (κ3) is 4.59. The van der Waals surface area contributed by atoms with Crippen LogP contribution < -0.4 is 25.8 Å². The number of nitrogen functional groups attached to an aromatic ring is 2. The Morgan fingerprint density at radius 3 is 2.18 bits per heavy atom. The molecule has 2 aromatic heterocycles. The highest BCUT2D eigenvalue weighted by Gasteiger charge is 2.20. The monoisotopic (exact) mass is 444 g/mol. The number of hydrogen-bond acceptors (Lipinski definition) is 8. The van der Waals surface area contributed by atoms with Crippen molar-refractivity contribution in [3.63, 3.8) is 0 Å². The van der Waals surface area contributed by atoms with Gasteiger partial charge in [-0.15, -0.1) is 0 Å². The van der Waals surface area contributed by atoms with Crippen LogP contribution in [0.4, 0.5) is 17.6 Å². The maximum Gasteiger partial charge on any atom is 0.224 e. The number of aromatic nitrogens is 3. The number of ether oxygens (including phenoxy) is 2. The summed E-state index contributed by atoms with van der Waals surface area (Å²) in [5.74, 6) is 2.72. The molecule has 0 amide bonds. The second-order valence-corrected chi connectivity index (χ2v) is 7.94. The molecule has 170 valence electrons. The number of anilines is 3. The van der Waals surface area contributed by atoms with E-state index in [1.54, 1.807) is 14.2 Å². The van der Waals surface area contributed by atoms with Crippen LogP contribution in [0.3, 0.4) is 0 Å². The SMILES string of the molecule is COc1cc(CN(C)c2nc3nc(N)nc(N)c3c(C)c2Cc2ccccc2)cc(OC)c1. The van der Waals surface area contributed by atoms with Gasteiger partial charge in [-0.1, -0.05) is 30.3 Å². The van der Waals surface area contributed by atoms with E-state index in [-0.39, 0.29) is 5.95 Å². The second-order valence-electron chi connectivity index (χ2n) is 7.94. The molecular formula is C25H28N6O2. The largest absolute Gasteiger partial charge is 0.497 e. The fraction of sp³-hybridized carbons (Fsp3) is 0.240. The number of nitrogens with zero attached hydrogens (tertiary/aromatic N) is 4. The molecule has 0 aliphatic carbocycles. The van der Waals surface area contributed by atoms with Gasteiger partial charge < -0.3 is 25.8 Å². The van der Waals surface area contributed by atoms with E-state index >= 15 is 0 Å². The van der Waals surface area contributed by atoms with Crippen LogP contribution in [-0.2, 0) is 13.0 Å². The van der Waals surface area contributed by atoms with Gasteiger partial charge in [-0.05, 0) is 35.7 Å². The maximum absolute atomic E-state index is 6.22. The van der Waals surface area contributed by atoms with Crippen LogP contribution in [0.15, 0.2) is 48.5 Å². The first kappa shape index (κ1) is 22.1. The minimum Gasteiger partial charge on any atom is -0.497 e. The summed E-state index contributed by atoms with van der Waals surface area (Å²) in [7, 11) is 5.29. The average molecular weight is 445 g/mol. The Morgan fingerprint density at radius 1 is 0.879 bits per heavy atom. The van der Waals surface area contributed by atoms with E-state index in [0.717, 1.165) is 39.4 Å². The highest BCUT2D eigenvalue weighted by Crippen LogP contribution is 2.33. The Bertz CT molecular complexity index is 1270. The molecule has 0 saturated carbocycles. The Morgan fingerprint density at radius 2 is 1.55 bits per heavy atom. The quantitative estimate of drug-likeness (QED) is 0.443. The molecule has 8 nitrogen and oxygen atoms in total. The first-order chi connectivity index (χ1) is 15.9. The number of benzene rings is 2. The lowest BCUT2D eigenvalue weighted by Gasteiger charge is -2.24. The van der Waals surface area contributed by atoms with Crippen molar-refractivity contribution >= 4 is 28.6 Å². The molecule has 0 aliphatic rings. The summed E-state index contributed by atoms with van der Waals surface area (Å²) in [5, 5.41) is 0.732. The van der Waals surface area contributed by atoms with E-state index < -0.39 is 0 Å². The zero-order valence-corrected chi connectivity index (χ0v) is 19.3. The van der Waals surface area contributed by atoms with Gasteiger partial charge in [0.15, 0.2) is 5.65 Å². The zero-order chi connectivity index (χ0) is 23.5. The summed E-state index contributed by atoms with van der Waals surface area (Å²) in [6, 6.07) is 16.1. The molecule has 4 N–H and O–H groups in total. The molecule has 4 rings (SSSR count). The Hall–Kier alpha value is -4.07. The first-order valence-corrected chi connectivity index (χ1v) is 10.6. The predicted molar refractivity (Wildman–Crippen MR) is 132 cm³/mol. The summed E-state index contributed by atoms with van der Waals surface area (Å²) < 4.78 is 10.9. The minimum absolute atomic E-state index is 0.105. The fourth-order valence-corrected chi connectivity index (χ4v) is 4.04. The Labute approximate surface area is 193 Å². The summed E-state index contributed by atoms with van der Waals surface area (Å²) >= 11 is 0. The fourth-order valence-electron chi connectivity index (χ4n) is 4.04. The van der Waals surface area contributed by atoms with Crippen LogP contribution in [-0.4, -0.2) is 36.2 Å². The van der Waals surface area contributed by atoms with Gasteiger partial charge >= 0.3 is 0 Å². The number of rotatable bonds is 7. The number of hydrogen-bond donors (Lipinski definition) is 2. The first-order valence-electron chi connectivity index (χ1n) is 10.6. The standard InChI is InChI=1S/C25H28N6O2/c1-15-20(12-16-8-6-5-7-9-16)24(29-23-21(15)22(26)28-25(27)30-23)31(2)14-17-10-18(32-3)13-19(11-17)33-4/h5-11,13H,12,14H2,1-4H3,(H4,26,27,28,29,30). The summed E-state index contributed by atoms with van der Waals surface area (Å²) in [6.07, 6.45) is 0.695. The highest BCUT2D eigenvalue weighted by molar-refractivity contribution is 5.92. The molecule has 0 radical (unpaired) electrons. The molecule has 8 heteroatoms. The van der Waals surface area contributed by atoms with E-state index in [9.17, 15) is 0 Å². The summed E-state index contributed by atoms with van der Waals surface area (Å²) in [6.45, 7) is 2.62. The molecule has 2 heterocycles. The van der Waals surface area contributed by atoms with Crippen LogP contribution >= 0.6 is 0 Å². The molecule has 0 fully saturated rings. The van der Waals surface area contributed by atoms with Gasteiger partial charge in [0.05, 0.1) is 19.6 Å². The maximum atomic E-state index is 6.22. The molecule has 4 aromatic rings. The van der Waals surface area contributed by atoms with Crippen molar-refractivity contribution in [3.05, 3.63) is 70.8 Å². The van der Waals surface area contributed by atoms with Crippen molar-refractivity contribution in [1.29, 1.82) is 0 Å². The van der Waals surface area contributed by atoms with Crippen LogP contribution in [0, 0.1) is 6.92 Å². The van der Waals surface area contributed by atoms with Crippen molar-refractivity contribution in [2.45, 2.75) is 19.9 Å². The van der Waals surface area contributed by atoms with E-state index in [2.05, 4.69) is 27.0 Å². The molecule has 0 bridgehead atoms. The third-order valence-electron chi connectivity index (χ3n) is 5.66. The van der Waals surface area contributed by atoms with Crippen molar-refractivity contribution in [3.8, 4) is 11.5 Å². The van der Waals surface area contributed by atoms with Crippen molar-refractivity contribution in [1.82, 2.24) is 15.0 Å². The zero-order valence-electron chi connectivity index (χ0n) is 19.3. The van der Waals surface area contributed by atoms with Crippen molar-refractivity contribution in [2.75, 3.05) is 37.6 Å². The van der Waals surface area contributed by atoms with Crippen LogP contribution in [0.25, 0.3) is 11.0 Å². The van der Waals surface area contributed by atoms with Crippen molar-refractivity contribution in [2.24, 2.45) is 0 Å². The van der Waals surface area contributed by atoms with Gasteiger partial charge in [0.2, 0.25) is 5.95 Å². The van der Waals surface area contributed by atoms with Gasteiger partial charge in [0.25, 0.3) is 0 Å². The Kier molecular flexibility index (Phi) is 6.17. The molecule has 0 saturated heterocycles. The second kappa shape index (κ2) is 9.20. The lowest BCUT2D eigenvalue weighted by Crippen LogP contribution is -2.21. The van der Waals surface area contributed by atoms with Gasteiger partial charge in [0, 0.05) is 31.6 Å². The van der Waals surface area contributed by atoms with E-state index in [4.69, 9.17) is 25.9 Å². The molecule has 0 atom stereocenters. The molecule has 0 unspecified atom stereocenters. The normalized spacial score (nSPS) is 10.9. The highest BCUT2D eigenvalue weighted by atomic mass is 16.5. The van der Waals surface area contributed by atoms with Gasteiger partial charge in [-0.3, -0.25) is 0 Å². The van der Waals surface area contributed by atoms with Gasteiger partial charge in [0.1, 0.15) is 23.1 Å². The topological polar surface area (TPSA) is 112 Å². The number of pyridine rings is 1. The summed E-state index contributed by atoms with van der Waals surface area (Å²) in [4.78, 5) is 15.5. The lowest BCUT2D eigenvalue weighted by atomic mass is 9.98. The smallest absolute Gasteiger partial charge is 0.224 e. The number of aryl methyl sites for hydroxylation is 1. The van der Waals surface area contributed by atoms with Crippen LogP contribution in [0.2, 0.25) is 0 Å². The molecule has 33 heavy (non-hydrogen) atoms. The number of nitrogens with two attached hydrogens (primary N) is 2.